The van der Waals surface area contributed by atoms with Gasteiger partial charge in [0.1, 0.15) is 12.3 Å². The Morgan fingerprint density at radius 2 is 1.72 bits per heavy atom. The van der Waals surface area contributed by atoms with Crippen molar-refractivity contribution in [1.82, 2.24) is 0 Å². The molecule has 150 valence electrons. The Hall–Kier alpha value is -3.82. The minimum atomic E-state index is -2.96. The van der Waals surface area contributed by atoms with Gasteiger partial charge >= 0.3 is 12.6 Å². The number of rotatable bonds is 7. The van der Waals surface area contributed by atoms with Crippen LogP contribution in [0.15, 0.2) is 48.5 Å². The molecule has 1 heterocycles. The topological polar surface area (TPSA) is 102 Å². The summed E-state index contributed by atoms with van der Waals surface area (Å²) in [7, 11) is 0. The van der Waals surface area contributed by atoms with Crippen molar-refractivity contribution in [2.24, 2.45) is 0 Å². The number of ether oxygens (including phenoxy) is 2. The highest BCUT2D eigenvalue weighted by molar-refractivity contribution is 6.52. The zero-order valence-electron chi connectivity index (χ0n) is 14.8. The molecule has 0 saturated heterocycles. The van der Waals surface area contributed by atoms with Crippen LogP contribution >= 0.6 is 0 Å². The van der Waals surface area contributed by atoms with Gasteiger partial charge in [0, 0.05) is 5.69 Å². The van der Waals surface area contributed by atoms with E-state index >= 15 is 0 Å². The normalized spacial score (nSPS) is 12.7. The van der Waals surface area contributed by atoms with Gasteiger partial charge in [-0.05, 0) is 36.4 Å². The molecule has 2 amide bonds. The maximum absolute atomic E-state index is 12.1. The molecule has 0 spiro atoms. The van der Waals surface area contributed by atoms with Gasteiger partial charge in [-0.15, -0.1) is 0 Å². The van der Waals surface area contributed by atoms with Gasteiger partial charge in [0.25, 0.3) is 17.6 Å². The van der Waals surface area contributed by atoms with Crippen molar-refractivity contribution >= 4 is 34.9 Å². The number of ketones is 1. The van der Waals surface area contributed by atoms with Crippen LogP contribution in [0.3, 0.4) is 0 Å². The van der Waals surface area contributed by atoms with Gasteiger partial charge < -0.3 is 14.8 Å². The molecule has 0 atom stereocenters. The molecule has 3 rings (SSSR count). The lowest BCUT2D eigenvalue weighted by atomic mass is 10.1. The van der Waals surface area contributed by atoms with Crippen molar-refractivity contribution in [3.05, 3.63) is 54.1 Å². The van der Waals surface area contributed by atoms with E-state index in [2.05, 4.69) is 10.1 Å². The summed E-state index contributed by atoms with van der Waals surface area (Å²) >= 11 is 0. The number of hydrogen-bond acceptors (Lipinski definition) is 6. The molecular weight excluding hydrogens is 390 g/mol. The summed E-state index contributed by atoms with van der Waals surface area (Å²) in [4.78, 5) is 48.7. The lowest BCUT2D eigenvalue weighted by molar-refractivity contribution is -0.146. The number of halogens is 2. The SMILES string of the molecule is O=C(COC(=O)CN1C(=O)C(=O)c2ccccc21)Nc1ccc(OC(F)F)cc1. The van der Waals surface area contributed by atoms with Crippen molar-refractivity contribution in [3.8, 4) is 5.75 Å². The van der Waals surface area contributed by atoms with Crippen molar-refractivity contribution < 1.29 is 37.4 Å². The van der Waals surface area contributed by atoms with Crippen LogP contribution < -0.4 is 15.0 Å². The summed E-state index contributed by atoms with van der Waals surface area (Å²) < 4.78 is 33.2. The predicted octanol–water partition coefficient (Wildman–Crippen LogP) is 2.00. The number of carbonyl (C=O) groups is 4. The van der Waals surface area contributed by atoms with Crippen LogP contribution in [0.5, 0.6) is 5.75 Å². The highest BCUT2D eigenvalue weighted by Gasteiger charge is 2.36. The first-order valence-corrected chi connectivity index (χ1v) is 8.30. The number of esters is 1. The van der Waals surface area contributed by atoms with E-state index in [0.29, 0.717) is 5.69 Å². The first-order chi connectivity index (χ1) is 13.8. The summed E-state index contributed by atoms with van der Waals surface area (Å²) in [6.45, 7) is -4.11. The Labute approximate surface area is 163 Å². The number of anilines is 2. The van der Waals surface area contributed by atoms with Crippen LogP contribution in [-0.2, 0) is 19.1 Å². The fourth-order valence-corrected chi connectivity index (χ4v) is 2.64. The summed E-state index contributed by atoms with van der Waals surface area (Å²) in [6, 6.07) is 11.4. The zero-order chi connectivity index (χ0) is 21.0. The smallest absolute Gasteiger partial charge is 0.387 e. The van der Waals surface area contributed by atoms with E-state index in [0.717, 1.165) is 4.90 Å². The number of carbonyl (C=O) groups excluding carboxylic acids is 4. The fraction of sp³-hybridized carbons (Fsp3) is 0.158. The van der Waals surface area contributed by atoms with Crippen molar-refractivity contribution in [1.29, 1.82) is 0 Å². The molecule has 0 bridgehead atoms. The van der Waals surface area contributed by atoms with Crippen LogP contribution in [0.4, 0.5) is 20.2 Å². The molecule has 2 aromatic rings. The van der Waals surface area contributed by atoms with E-state index in [9.17, 15) is 28.0 Å². The van der Waals surface area contributed by atoms with Crippen LogP contribution in [-0.4, -0.2) is 43.3 Å². The number of nitrogens with zero attached hydrogens (tertiary/aromatic N) is 1. The van der Waals surface area contributed by atoms with Gasteiger partial charge in [-0.1, -0.05) is 12.1 Å². The third-order valence-corrected chi connectivity index (χ3v) is 3.89. The Morgan fingerprint density at radius 3 is 2.41 bits per heavy atom. The molecule has 1 aliphatic heterocycles. The Balaban J connectivity index is 1.50. The van der Waals surface area contributed by atoms with Crippen molar-refractivity contribution in [3.63, 3.8) is 0 Å². The number of amides is 2. The molecule has 0 radical (unpaired) electrons. The lowest BCUT2D eigenvalue weighted by Crippen LogP contribution is -2.36. The minimum Gasteiger partial charge on any atom is -0.454 e. The van der Waals surface area contributed by atoms with E-state index in [1.807, 2.05) is 0 Å². The van der Waals surface area contributed by atoms with E-state index < -0.39 is 43.3 Å². The van der Waals surface area contributed by atoms with Gasteiger partial charge in [-0.25, -0.2) is 0 Å². The molecule has 1 N–H and O–H groups in total. The third-order valence-electron chi connectivity index (χ3n) is 3.89. The van der Waals surface area contributed by atoms with Gasteiger partial charge in [0.05, 0.1) is 11.3 Å². The molecule has 0 aromatic heterocycles. The first kappa shape index (κ1) is 19.9. The molecule has 0 saturated carbocycles. The summed E-state index contributed by atoms with van der Waals surface area (Å²) in [6.07, 6.45) is 0. The van der Waals surface area contributed by atoms with Crippen LogP contribution in [0, 0.1) is 0 Å². The third kappa shape index (κ3) is 4.72. The molecule has 0 aliphatic carbocycles. The summed E-state index contributed by atoms with van der Waals surface area (Å²) in [5.41, 5.74) is 0.777. The second-order valence-electron chi connectivity index (χ2n) is 5.85. The standard InChI is InChI=1S/C19H14F2N2O6/c20-19(21)29-12-7-5-11(6-8-12)22-15(24)10-28-16(25)9-23-14-4-2-1-3-13(14)17(26)18(23)27/h1-8,19H,9-10H2,(H,22,24). The Morgan fingerprint density at radius 1 is 1.03 bits per heavy atom. The molecule has 1 aliphatic rings. The van der Waals surface area contributed by atoms with E-state index in [1.165, 1.54) is 36.4 Å². The summed E-state index contributed by atoms with van der Waals surface area (Å²) in [5, 5.41) is 2.41. The van der Waals surface area contributed by atoms with E-state index in [4.69, 9.17) is 4.74 Å². The lowest BCUT2D eigenvalue weighted by Gasteiger charge is -2.15. The highest BCUT2D eigenvalue weighted by atomic mass is 19.3. The van der Waals surface area contributed by atoms with E-state index in [1.54, 1.807) is 12.1 Å². The second kappa shape index (κ2) is 8.46. The number of benzene rings is 2. The van der Waals surface area contributed by atoms with Crippen LogP contribution in [0.1, 0.15) is 10.4 Å². The molecule has 8 nitrogen and oxygen atoms in total. The maximum Gasteiger partial charge on any atom is 0.387 e. The molecule has 29 heavy (non-hydrogen) atoms. The minimum absolute atomic E-state index is 0.0745. The largest absolute Gasteiger partial charge is 0.454 e. The van der Waals surface area contributed by atoms with E-state index in [-0.39, 0.29) is 17.0 Å². The van der Waals surface area contributed by atoms with Crippen LogP contribution in [0.2, 0.25) is 0 Å². The van der Waals surface area contributed by atoms with Gasteiger partial charge in [0.15, 0.2) is 6.61 Å². The summed E-state index contributed by atoms with van der Waals surface area (Å²) in [5.74, 6) is -3.19. The van der Waals surface area contributed by atoms with Crippen molar-refractivity contribution in [2.45, 2.75) is 6.61 Å². The average Bonchev–Trinajstić information content (AvgIpc) is 2.93. The van der Waals surface area contributed by atoms with Gasteiger partial charge in [-0.2, -0.15) is 8.78 Å². The highest BCUT2D eigenvalue weighted by Crippen LogP contribution is 2.28. The number of para-hydroxylation sites is 1. The molecule has 2 aromatic carbocycles. The number of alkyl halides is 2. The number of hydrogen-bond donors (Lipinski definition) is 1. The number of nitrogens with one attached hydrogen (secondary N) is 1. The first-order valence-electron chi connectivity index (χ1n) is 8.30. The molecule has 0 fully saturated rings. The van der Waals surface area contributed by atoms with Crippen LogP contribution in [0.25, 0.3) is 0 Å². The number of fused-ring (bicyclic) bond motifs is 1. The fourth-order valence-electron chi connectivity index (χ4n) is 2.64. The van der Waals surface area contributed by atoms with Gasteiger partial charge in [-0.3, -0.25) is 24.1 Å². The van der Waals surface area contributed by atoms with Crippen molar-refractivity contribution in [2.75, 3.05) is 23.4 Å². The average molecular weight is 404 g/mol. The predicted molar refractivity (Wildman–Crippen MR) is 95.8 cm³/mol. The molecule has 0 unspecified atom stereocenters. The molecule has 10 heteroatoms. The van der Waals surface area contributed by atoms with Gasteiger partial charge in [0.2, 0.25) is 0 Å². The second-order valence-corrected chi connectivity index (χ2v) is 5.85. The Bertz CT molecular complexity index is 961. The zero-order valence-corrected chi connectivity index (χ0v) is 14.8. The molecular formula is C19H14F2N2O6. The maximum atomic E-state index is 12.1. The quantitative estimate of drug-likeness (QED) is 0.560. The number of Topliss-reactive ketones (excluding diaryl/α,β-unsaturated/α-hetero) is 1. The monoisotopic (exact) mass is 404 g/mol. The Kier molecular flexibility index (Phi) is 5.82.